The molecule has 2 saturated carbocycles. The smallest absolute Gasteiger partial charge is 0.168 e. The first-order valence-electron chi connectivity index (χ1n) is 6.21. The third kappa shape index (κ3) is 1.70. The topological polar surface area (TPSA) is 9.23 Å². The highest BCUT2D eigenvalue weighted by molar-refractivity contribution is 5.39. The second kappa shape index (κ2) is 3.76. The van der Waals surface area contributed by atoms with Gasteiger partial charge in [-0.15, -0.1) is 0 Å². The average molecular weight is 220 g/mol. The van der Waals surface area contributed by atoms with Gasteiger partial charge in [0.2, 0.25) is 0 Å². The van der Waals surface area contributed by atoms with Crippen LogP contribution in [0.3, 0.4) is 0 Å². The van der Waals surface area contributed by atoms with Crippen LogP contribution in [-0.2, 0) is 0 Å². The van der Waals surface area contributed by atoms with Gasteiger partial charge in [-0.1, -0.05) is 12.5 Å². The molecule has 3 rings (SSSR count). The van der Waals surface area contributed by atoms with Crippen LogP contribution in [0.2, 0.25) is 0 Å². The van der Waals surface area contributed by atoms with E-state index < -0.39 is 0 Å². The SMILES string of the molecule is Cc1c(C2CCC2)ccc(OC2CC2)c1F. The third-order valence-electron chi connectivity index (χ3n) is 3.76. The van der Waals surface area contributed by atoms with Crippen molar-refractivity contribution in [2.45, 2.75) is 51.0 Å². The van der Waals surface area contributed by atoms with Gasteiger partial charge >= 0.3 is 0 Å². The van der Waals surface area contributed by atoms with Gasteiger partial charge in [0.25, 0.3) is 0 Å². The Morgan fingerprint density at radius 3 is 2.50 bits per heavy atom. The van der Waals surface area contributed by atoms with Gasteiger partial charge in [-0.2, -0.15) is 0 Å². The van der Waals surface area contributed by atoms with Gasteiger partial charge in [-0.25, -0.2) is 4.39 Å². The van der Waals surface area contributed by atoms with E-state index in [2.05, 4.69) is 6.07 Å². The van der Waals surface area contributed by atoms with Crippen molar-refractivity contribution in [2.24, 2.45) is 0 Å². The van der Waals surface area contributed by atoms with Crippen LogP contribution in [0, 0.1) is 12.7 Å². The standard InChI is InChI=1S/C14H17FO/c1-9-12(10-3-2-4-10)7-8-13(14(9)15)16-11-5-6-11/h7-8,10-11H,2-6H2,1H3. The summed E-state index contributed by atoms with van der Waals surface area (Å²) in [5, 5.41) is 0. The largest absolute Gasteiger partial charge is 0.487 e. The van der Waals surface area contributed by atoms with E-state index in [4.69, 9.17) is 4.74 Å². The molecule has 0 heterocycles. The molecule has 0 bridgehead atoms. The summed E-state index contributed by atoms with van der Waals surface area (Å²) in [6, 6.07) is 3.87. The second-order valence-electron chi connectivity index (χ2n) is 5.04. The Hall–Kier alpha value is -1.05. The molecule has 0 spiro atoms. The second-order valence-corrected chi connectivity index (χ2v) is 5.04. The maximum absolute atomic E-state index is 14.0. The van der Waals surface area contributed by atoms with Crippen molar-refractivity contribution in [2.75, 3.05) is 0 Å². The molecule has 0 aromatic heterocycles. The molecule has 0 unspecified atom stereocenters. The highest BCUT2D eigenvalue weighted by atomic mass is 19.1. The molecule has 16 heavy (non-hydrogen) atoms. The first kappa shape index (κ1) is 10.1. The third-order valence-corrected chi connectivity index (χ3v) is 3.76. The fourth-order valence-corrected chi connectivity index (χ4v) is 2.29. The van der Waals surface area contributed by atoms with Gasteiger partial charge in [-0.3, -0.25) is 0 Å². The van der Waals surface area contributed by atoms with E-state index in [0.717, 1.165) is 18.4 Å². The van der Waals surface area contributed by atoms with Gasteiger partial charge in [0, 0.05) is 0 Å². The van der Waals surface area contributed by atoms with E-state index >= 15 is 0 Å². The van der Waals surface area contributed by atoms with Crippen molar-refractivity contribution in [3.63, 3.8) is 0 Å². The van der Waals surface area contributed by atoms with Crippen LogP contribution in [0.1, 0.15) is 49.1 Å². The molecular formula is C14H17FO. The van der Waals surface area contributed by atoms with Crippen LogP contribution >= 0.6 is 0 Å². The molecule has 86 valence electrons. The van der Waals surface area contributed by atoms with Crippen molar-refractivity contribution in [3.05, 3.63) is 29.1 Å². The van der Waals surface area contributed by atoms with Crippen molar-refractivity contribution < 1.29 is 9.13 Å². The summed E-state index contributed by atoms with van der Waals surface area (Å²) in [5.74, 6) is 0.892. The number of hydrogen-bond donors (Lipinski definition) is 0. The van der Waals surface area contributed by atoms with Crippen molar-refractivity contribution >= 4 is 0 Å². The summed E-state index contributed by atoms with van der Waals surface area (Å²) in [6.45, 7) is 1.88. The van der Waals surface area contributed by atoms with Gasteiger partial charge in [-0.05, 0) is 55.7 Å². The normalized spacial score (nSPS) is 20.6. The molecule has 2 aliphatic carbocycles. The number of ether oxygens (including phenoxy) is 1. The van der Waals surface area contributed by atoms with Crippen LogP contribution in [0.4, 0.5) is 4.39 Å². The highest BCUT2D eigenvalue weighted by Crippen LogP contribution is 2.40. The monoisotopic (exact) mass is 220 g/mol. The highest BCUT2D eigenvalue weighted by Gasteiger charge is 2.27. The fourth-order valence-electron chi connectivity index (χ4n) is 2.29. The average Bonchev–Trinajstić information content (AvgIpc) is 2.98. The minimum atomic E-state index is -0.142. The number of rotatable bonds is 3. The van der Waals surface area contributed by atoms with E-state index in [-0.39, 0.29) is 11.9 Å². The van der Waals surface area contributed by atoms with Crippen molar-refractivity contribution in [3.8, 4) is 5.75 Å². The zero-order valence-electron chi connectivity index (χ0n) is 9.63. The molecule has 1 aromatic rings. The lowest BCUT2D eigenvalue weighted by Crippen LogP contribution is -2.11. The maximum Gasteiger partial charge on any atom is 0.168 e. The van der Waals surface area contributed by atoms with E-state index in [0.29, 0.717) is 11.7 Å². The van der Waals surface area contributed by atoms with E-state index in [9.17, 15) is 4.39 Å². The molecular weight excluding hydrogens is 203 g/mol. The van der Waals surface area contributed by atoms with Gasteiger partial charge in [0.1, 0.15) is 0 Å². The van der Waals surface area contributed by atoms with Crippen molar-refractivity contribution in [1.82, 2.24) is 0 Å². The van der Waals surface area contributed by atoms with Crippen LogP contribution in [0.5, 0.6) is 5.75 Å². The zero-order chi connectivity index (χ0) is 11.1. The summed E-state index contributed by atoms with van der Waals surface area (Å²) in [5.41, 5.74) is 1.98. The molecule has 1 nitrogen and oxygen atoms in total. The number of hydrogen-bond acceptors (Lipinski definition) is 1. The van der Waals surface area contributed by atoms with E-state index in [1.807, 2.05) is 13.0 Å². The van der Waals surface area contributed by atoms with Crippen LogP contribution < -0.4 is 4.74 Å². The van der Waals surface area contributed by atoms with Gasteiger partial charge in [0.15, 0.2) is 11.6 Å². The lowest BCUT2D eigenvalue weighted by Gasteiger charge is -2.27. The summed E-state index contributed by atoms with van der Waals surface area (Å²) in [7, 11) is 0. The Balaban J connectivity index is 1.88. The summed E-state index contributed by atoms with van der Waals surface area (Å²) < 4.78 is 19.6. The Morgan fingerprint density at radius 2 is 1.94 bits per heavy atom. The molecule has 0 N–H and O–H groups in total. The number of benzene rings is 1. The first-order valence-corrected chi connectivity index (χ1v) is 6.21. The molecule has 2 fully saturated rings. The molecule has 0 amide bonds. The molecule has 2 aliphatic rings. The summed E-state index contributed by atoms with van der Waals surface area (Å²) >= 11 is 0. The Labute approximate surface area is 95.6 Å². The lowest BCUT2D eigenvalue weighted by atomic mass is 9.78. The summed E-state index contributed by atoms with van der Waals surface area (Å²) in [6.07, 6.45) is 6.12. The predicted octanol–water partition coefficient (Wildman–Crippen LogP) is 3.94. The molecule has 1 aromatic carbocycles. The number of halogens is 1. The Morgan fingerprint density at radius 1 is 1.19 bits per heavy atom. The van der Waals surface area contributed by atoms with Crippen LogP contribution in [0.15, 0.2) is 12.1 Å². The van der Waals surface area contributed by atoms with Gasteiger partial charge in [0.05, 0.1) is 6.10 Å². The van der Waals surface area contributed by atoms with Crippen LogP contribution in [0.25, 0.3) is 0 Å². The molecule has 0 saturated heterocycles. The van der Waals surface area contributed by atoms with E-state index in [1.165, 1.54) is 24.8 Å². The van der Waals surface area contributed by atoms with Crippen LogP contribution in [-0.4, -0.2) is 6.10 Å². The Bertz CT molecular complexity index is 405. The summed E-state index contributed by atoms with van der Waals surface area (Å²) in [4.78, 5) is 0. The minimum absolute atomic E-state index is 0.142. The Kier molecular flexibility index (Phi) is 2.38. The molecule has 0 aliphatic heterocycles. The molecule has 0 radical (unpaired) electrons. The van der Waals surface area contributed by atoms with E-state index in [1.54, 1.807) is 0 Å². The fraction of sp³-hybridized carbons (Fsp3) is 0.571. The quantitative estimate of drug-likeness (QED) is 0.749. The molecule has 2 heteroatoms. The van der Waals surface area contributed by atoms with Gasteiger partial charge < -0.3 is 4.74 Å². The zero-order valence-corrected chi connectivity index (χ0v) is 9.63. The van der Waals surface area contributed by atoms with Crippen molar-refractivity contribution in [1.29, 1.82) is 0 Å². The minimum Gasteiger partial charge on any atom is -0.487 e. The predicted molar refractivity (Wildman–Crippen MR) is 61.4 cm³/mol. The first-order chi connectivity index (χ1) is 7.75. The molecule has 0 atom stereocenters. The maximum atomic E-state index is 14.0. The lowest BCUT2D eigenvalue weighted by molar-refractivity contribution is 0.286.